The molecule has 0 aromatic heterocycles. The second-order valence-electron chi connectivity index (χ2n) is 6.85. The number of benzene rings is 1. The van der Waals surface area contributed by atoms with E-state index in [0.29, 0.717) is 5.69 Å². The summed E-state index contributed by atoms with van der Waals surface area (Å²) in [7, 11) is -3.21. The summed E-state index contributed by atoms with van der Waals surface area (Å²) >= 11 is 0. The Morgan fingerprint density at radius 2 is 1.73 bits per heavy atom. The van der Waals surface area contributed by atoms with E-state index >= 15 is 0 Å². The van der Waals surface area contributed by atoms with Crippen molar-refractivity contribution >= 4 is 21.4 Å². The van der Waals surface area contributed by atoms with Crippen LogP contribution in [0.1, 0.15) is 27.7 Å². The lowest BCUT2D eigenvalue weighted by Gasteiger charge is -2.07. The van der Waals surface area contributed by atoms with Crippen molar-refractivity contribution in [2.45, 2.75) is 32.6 Å². The first-order chi connectivity index (χ1) is 10.0. The van der Waals surface area contributed by atoms with E-state index in [1.54, 1.807) is 12.1 Å². The number of carbonyl (C=O) groups is 1. The van der Waals surface area contributed by atoms with Crippen molar-refractivity contribution < 1.29 is 13.2 Å². The lowest BCUT2D eigenvalue weighted by molar-refractivity contribution is -0.118. The number of rotatable bonds is 4. The van der Waals surface area contributed by atoms with E-state index in [-0.39, 0.29) is 28.1 Å². The molecular formula is C17H23NO3S. The highest BCUT2D eigenvalue weighted by Crippen LogP contribution is 2.59. The molecule has 1 saturated carbocycles. The van der Waals surface area contributed by atoms with Crippen molar-refractivity contribution in [3.63, 3.8) is 0 Å². The molecule has 5 heteroatoms. The molecule has 22 heavy (non-hydrogen) atoms. The largest absolute Gasteiger partial charge is 0.326 e. The molecule has 1 fully saturated rings. The van der Waals surface area contributed by atoms with Crippen molar-refractivity contribution in [1.29, 1.82) is 0 Å². The molecule has 0 bridgehead atoms. The highest BCUT2D eigenvalue weighted by Gasteiger charge is 2.60. The number of hydrogen-bond donors (Lipinski definition) is 1. The number of sulfone groups is 1. The Balaban J connectivity index is 2.09. The average molecular weight is 321 g/mol. The van der Waals surface area contributed by atoms with Crippen LogP contribution >= 0.6 is 0 Å². The molecule has 1 N–H and O–H groups in total. The van der Waals surface area contributed by atoms with Gasteiger partial charge in [0.2, 0.25) is 5.91 Å². The first-order valence-electron chi connectivity index (χ1n) is 7.29. The van der Waals surface area contributed by atoms with Gasteiger partial charge in [-0.15, -0.1) is 0 Å². The van der Waals surface area contributed by atoms with Gasteiger partial charge in [0.1, 0.15) is 0 Å². The minimum atomic E-state index is -3.21. The van der Waals surface area contributed by atoms with Gasteiger partial charge in [-0.1, -0.05) is 25.5 Å². The molecule has 4 nitrogen and oxygen atoms in total. The van der Waals surface area contributed by atoms with E-state index in [1.165, 1.54) is 17.7 Å². The third kappa shape index (κ3) is 3.40. The maximum Gasteiger partial charge on any atom is 0.228 e. The van der Waals surface area contributed by atoms with E-state index in [0.717, 1.165) is 6.26 Å². The quantitative estimate of drug-likeness (QED) is 0.866. The van der Waals surface area contributed by atoms with Gasteiger partial charge >= 0.3 is 0 Å². The summed E-state index contributed by atoms with van der Waals surface area (Å²) < 4.78 is 22.8. The van der Waals surface area contributed by atoms with Gasteiger partial charge in [-0.3, -0.25) is 4.79 Å². The maximum absolute atomic E-state index is 12.4. The van der Waals surface area contributed by atoms with E-state index < -0.39 is 9.84 Å². The number of allylic oxidation sites excluding steroid dienone is 2. The van der Waals surface area contributed by atoms with Crippen LogP contribution in [0.2, 0.25) is 0 Å². The van der Waals surface area contributed by atoms with E-state index in [2.05, 4.69) is 25.2 Å². The average Bonchev–Trinajstić information content (AvgIpc) is 2.89. The van der Waals surface area contributed by atoms with E-state index in [1.807, 2.05) is 13.8 Å². The summed E-state index contributed by atoms with van der Waals surface area (Å²) in [5.74, 6) is 0.199. The van der Waals surface area contributed by atoms with Crippen molar-refractivity contribution in [3.05, 3.63) is 35.9 Å². The molecule has 1 aliphatic rings. The van der Waals surface area contributed by atoms with Gasteiger partial charge in [0.25, 0.3) is 0 Å². The first-order valence-corrected chi connectivity index (χ1v) is 9.18. The van der Waals surface area contributed by atoms with Gasteiger partial charge in [-0.2, -0.15) is 0 Å². The molecule has 0 spiro atoms. The molecule has 1 aliphatic carbocycles. The zero-order valence-electron chi connectivity index (χ0n) is 13.7. The molecule has 0 radical (unpaired) electrons. The highest BCUT2D eigenvalue weighted by atomic mass is 32.2. The zero-order chi connectivity index (χ0) is 16.7. The standard InChI is InChI=1S/C17H23NO3S/c1-11(2)10-14-15(17(14,3)4)16(19)18-12-6-8-13(9-7-12)22(5,20)21/h6-10,14-15H,1-5H3,(H,18,19). The minimum Gasteiger partial charge on any atom is -0.326 e. The zero-order valence-corrected chi connectivity index (χ0v) is 14.5. The predicted molar refractivity (Wildman–Crippen MR) is 88.4 cm³/mol. The highest BCUT2D eigenvalue weighted by molar-refractivity contribution is 7.90. The molecular weight excluding hydrogens is 298 g/mol. The van der Waals surface area contributed by atoms with Crippen LogP contribution < -0.4 is 5.32 Å². The van der Waals surface area contributed by atoms with Crippen LogP contribution in [0.15, 0.2) is 40.8 Å². The second kappa shape index (κ2) is 5.54. The Morgan fingerprint density at radius 3 is 2.18 bits per heavy atom. The molecule has 0 saturated heterocycles. The molecule has 1 aromatic carbocycles. The summed E-state index contributed by atoms with van der Waals surface area (Å²) in [6.45, 7) is 8.25. The summed E-state index contributed by atoms with van der Waals surface area (Å²) in [5, 5.41) is 2.88. The van der Waals surface area contributed by atoms with Gasteiger partial charge < -0.3 is 5.32 Å². The van der Waals surface area contributed by atoms with Crippen molar-refractivity contribution in [2.75, 3.05) is 11.6 Å². The molecule has 0 aliphatic heterocycles. The lowest BCUT2D eigenvalue weighted by atomic mass is 10.1. The topological polar surface area (TPSA) is 63.2 Å². The summed E-state index contributed by atoms with van der Waals surface area (Å²) in [6, 6.07) is 6.27. The SMILES string of the molecule is CC(C)=CC1C(C(=O)Nc2ccc(S(C)(=O)=O)cc2)C1(C)C. The van der Waals surface area contributed by atoms with Crippen LogP contribution in [0, 0.1) is 17.3 Å². The number of nitrogens with one attached hydrogen (secondary N) is 1. The molecule has 0 heterocycles. The fourth-order valence-corrected chi connectivity index (χ4v) is 3.48. The van der Waals surface area contributed by atoms with Gasteiger partial charge in [0.05, 0.1) is 10.8 Å². The first kappa shape index (κ1) is 16.7. The number of amides is 1. The number of anilines is 1. The van der Waals surface area contributed by atoms with Crippen molar-refractivity contribution in [3.8, 4) is 0 Å². The molecule has 1 aromatic rings. The Labute approximate surface area is 132 Å². The maximum atomic E-state index is 12.4. The summed E-state index contributed by atoms with van der Waals surface area (Å²) in [4.78, 5) is 12.7. The van der Waals surface area contributed by atoms with Crippen LogP contribution in [-0.2, 0) is 14.6 Å². The Bertz CT molecular complexity index is 711. The summed E-state index contributed by atoms with van der Waals surface area (Å²) in [6.07, 6.45) is 3.31. The van der Waals surface area contributed by atoms with Crippen LogP contribution in [0.4, 0.5) is 5.69 Å². The number of carbonyl (C=O) groups excluding carboxylic acids is 1. The minimum absolute atomic E-state index is 0.0143. The van der Waals surface area contributed by atoms with Crippen LogP contribution in [0.25, 0.3) is 0 Å². The van der Waals surface area contributed by atoms with Gasteiger partial charge in [0, 0.05) is 11.9 Å². The van der Waals surface area contributed by atoms with E-state index in [4.69, 9.17) is 0 Å². The van der Waals surface area contributed by atoms with Gasteiger partial charge in [-0.25, -0.2) is 8.42 Å². The van der Waals surface area contributed by atoms with Gasteiger partial charge in [0.15, 0.2) is 9.84 Å². The molecule has 2 atom stereocenters. The normalized spacial score (nSPS) is 22.8. The van der Waals surface area contributed by atoms with Gasteiger partial charge in [-0.05, 0) is 49.4 Å². The van der Waals surface area contributed by atoms with Crippen LogP contribution in [-0.4, -0.2) is 20.6 Å². The molecule has 2 rings (SSSR count). The fraction of sp³-hybridized carbons (Fsp3) is 0.471. The predicted octanol–water partition coefficient (Wildman–Crippen LogP) is 3.27. The van der Waals surface area contributed by atoms with Crippen LogP contribution in [0.5, 0.6) is 0 Å². The third-order valence-electron chi connectivity index (χ3n) is 4.26. The Kier molecular flexibility index (Phi) is 4.22. The molecule has 1 amide bonds. The smallest absolute Gasteiger partial charge is 0.228 e. The Morgan fingerprint density at radius 1 is 1.18 bits per heavy atom. The molecule has 2 unspecified atom stereocenters. The van der Waals surface area contributed by atoms with E-state index in [9.17, 15) is 13.2 Å². The van der Waals surface area contributed by atoms with Crippen LogP contribution in [0.3, 0.4) is 0 Å². The fourth-order valence-electron chi connectivity index (χ4n) is 2.85. The second-order valence-corrected chi connectivity index (χ2v) is 8.87. The number of hydrogen-bond acceptors (Lipinski definition) is 3. The lowest BCUT2D eigenvalue weighted by Crippen LogP contribution is -2.16. The Hall–Kier alpha value is -1.62. The molecule has 120 valence electrons. The summed E-state index contributed by atoms with van der Waals surface area (Å²) in [5.41, 5.74) is 1.80. The third-order valence-corrected chi connectivity index (χ3v) is 5.38. The van der Waals surface area contributed by atoms with Crippen molar-refractivity contribution in [1.82, 2.24) is 0 Å². The monoisotopic (exact) mass is 321 g/mol. The van der Waals surface area contributed by atoms with Crippen molar-refractivity contribution in [2.24, 2.45) is 17.3 Å².